The molecule has 0 bridgehead atoms. The second kappa shape index (κ2) is 6.85. The van der Waals surface area contributed by atoms with Gasteiger partial charge in [0.1, 0.15) is 12.1 Å². The van der Waals surface area contributed by atoms with Gasteiger partial charge in [-0.05, 0) is 53.6 Å². The number of nitrogens with one attached hydrogen (secondary N) is 1. The molecule has 1 heterocycles. The Hall–Kier alpha value is -3.18. The maximum Gasteiger partial charge on any atom is 0.251 e. The summed E-state index contributed by atoms with van der Waals surface area (Å²) < 4.78 is 15.4. The SMILES string of the molecule is CNC(=O)c1ccc2c(c1)ncn2-c1cccc(-c2ccc(F)c(Cl)c2)c1. The molecule has 0 aliphatic heterocycles. The van der Waals surface area contributed by atoms with Gasteiger partial charge in [0, 0.05) is 18.3 Å². The van der Waals surface area contributed by atoms with Gasteiger partial charge in [-0.3, -0.25) is 9.36 Å². The minimum atomic E-state index is -0.441. The summed E-state index contributed by atoms with van der Waals surface area (Å²) in [6.07, 6.45) is 1.72. The zero-order valence-electron chi connectivity index (χ0n) is 14.4. The van der Waals surface area contributed by atoms with E-state index in [-0.39, 0.29) is 10.9 Å². The van der Waals surface area contributed by atoms with E-state index < -0.39 is 5.82 Å². The van der Waals surface area contributed by atoms with Crippen molar-refractivity contribution in [2.45, 2.75) is 0 Å². The first kappa shape index (κ1) is 17.2. The molecule has 134 valence electrons. The molecule has 1 amide bonds. The van der Waals surface area contributed by atoms with Crippen LogP contribution in [0.4, 0.5) is 4.39 Å². The Kier molecular flexibility index (Phi) is 4.38. The Balaban J connectivity index is 1.77. The molecule has 27 heavy (non-hydrogen) atoms. The number of amides is 1. The van der Waals surface area contributed by atoms with Crippen LogP contribution in [-0.2, 0) is 0 Å². The first-order chi connectivity index (χ1) is 13.1. The maximum atomic E-state index is 13.4. The van der Waals surface area contributed by atoms with Gasteiger partial charge in [0.25, 0.3) is 5.91 Å². The van der Waals surface area contributed by atoms with Gasteiger partial charge in [-0.1, -0.05) is 29.8 Å². The normalized spacial score (nSPS) is 10.9. The molecule has 4 nitrogen and oxygen atoms in total. The number of benzene rings is 3. The van der Waals surface area contributed by atoms with Gasteiger partial charge in [-0.15, -0.1) is 0 Å². The summed E-state index contributed by atoms with van der Waals surface area (Å²) in [6, 6.07) is 17.9. The Morgan fingerprint density at radius 3 is 2.67 bits per heavy atom. The van der Waals surface area contributed by atoms with Gasteiger partial charge in [0.15, 0.2) is 0 Å². The molecule has 0 aliphatic rings. The monoisotopic (exact) mass is 379 g/mol. The van der Waals surface area contributed by atoms with Gasteiger partial charge < -0.3 is 5.32 Å². The number of rotatable bonds is 3. The molecule has 3 aromatic carbocycles. The lowest BCUT2D eigenvalue weighted by molar-refractivity contribution is 0.0963. The van der Waals surface area contributed by atoms with E-state index in [1.165, 1.54) is 6.07 Å². The topological polar surface area (TPSA) is 46.9 Å². The molecular weight excluding hydrogens is 365 g/mol. The average Bonchev–Trinajstić information content (AvgIpc) is 3.12. The lowest BCUT2D eigenvalue weighted by atomic mass is 10.0. The zero-order valence-corrected chi connectivity index (χ0v) is 15.2. The summed E-state index contributed by atoms with van der Waals surface area (Å²) in [4.78, 5) is 16.2. The van der Waals surface area contributed by atoms with E-state index in [0.717, 1.165) is 27.8 Å². The molecule has 0 fully saturated rings. The minimum absolute atomic E-state index is 0.0905. The molecule has 6 heteroatoms. The smallest absolute Gasteiger partial charge is 0.251 e. The van der Waals surface area contributed by atoms with Crippen LogP contribution in [0, 0.1) is 5.82 Å². The maximum absolute atomic E-state index is 13.4. The van der Waals surface area contributed by atoms with Gasteiger partial charge in [-0.25, -0.2) is 9.37 Å². The van der Waals surface area contributed by atoms with E-state index in [2.05, 4.69) is 10.3 Å². The number of hydrogen-bond acceptors (Lipinski definition) is 2. The quantitative estimate of drug-likeness (QED) is 0.553. The molecule has 0 unspecified atom stereocenters. The summed E-state index contributed by atoms with van der Waals surface area (Å²) in [7, 11) is 1.60. The summed E-state index contributed by atoms with van der Waals surface area (Å²) in [5.74, 6) is -0.592. The number of hydrogen-bond donors (Lipinski definition) is 1. The summed E-state index contributed by atoms with van der Waals surface area (Å²) in [5, 5.41) is 2.70. The predicted molar refractivity (Wildman–Crippen MR) is 105 cm³/mol. The molecule has 4 aromatic rings. The average molecular weight is 380 g/mol. The molecule has 4 rings (SSSR count). The summed E-state index contributed by atoms with van der Waals surface area (Å²) in [5.41, 5.74) is 4.82. The van der Waals surface area contributed by atoms with Crippen LogP contribution in [0.15, 0.2) is 67.0 Å². The Labute approximate surface area is 160 Å². The number of carbonyl (C=O) groups is 1. The van der Waals surface area contributed by atoms with Gasteiger partial charge in [0.05, 0.1) is 16.1 Å². The van der Waals surface area contributed by atoms with Crippen LogP contribution < -0.4 is 5.32 Å². The number of aromatic nitrogens is 2. The number of imidazole rings is 1. The van der Waals surface area contributed by atoms with Crippen molar-refractivity contribution in [2.24, 2.45) is 0 Å². The van der Waals surface area contributed by atoms with E-state index in [4.69, 9.17) is 11.6 Å². The van der Waals surface area contributed by atoms with Crippen LogP contribution in [0.1, 0.15) is 10.4 Å². The van der Waals surface area contributed by atoms with Crippen LogP contribution in [0.5, 0.6) is 0 Å². The van der Waals surface area contributed by atoms with Crippen molar-refractivity contribution in [3.63, 3.8) is 0 Å². The Morgan fingerprint density at radius 2 is 1.89 bits per heavy atom. The molecule has 0 radical (unpaired) electrons. The third kappa shape index (κ3) is 3.17. The highest BCUT2D eigenvalue weighted by Crippen LogP contribution is 2.27. The first-order valence-electron chi connectivity index (χ1n) is 8.32. The number of carbonyl (C=O) groups excluding carboxylic acids is 1. The van der Waals surface area contributed by atoms with E-state index >= 15 is 0 Å². The predicted octanol–water partition coefficient (Wildman–Crippen LogP) is 4.84. The van der Waals surface area contributed by atoms with Crippen molar-refractivity contribution in [2.75, 3.05) is 7.05 Å². The molecular formula is C21H15ClFN3O. The van der Waals surface area contributed by atoms with Crippen LogP contribution >= 0.6 is 11.6 Å². The van der Waals surface area contributed by atoms with Gasteiger partial charge >= 0.3 is 0 Å². The third-order valence-corrected chi connectivity index (χ3v) is 4.70. The standard InChI is InChI=1S/C21H15ClFN3O/c1-24-21(27)15-6-8-20-19(11-15)25-12-26(20)16-4-2-3-13(9-16)14-5-7-18(23)17(22)10-14/h2-12H,1H3,(H,24,27). The fourth-order valence-electron chi connectivity index (χ4n) is 3.02. The van der Waals surface area contributed by atoms with E-state index in [9.17, 15) is 9.18 Å². The molecule has 0 saturated carbocycles. The molecule has 0 aliphatic carbocycles. The summed E-state index contributed by atoms with van der Waals surface area (Å²) >= 11 is 5.91. The van der Waals surface area contributed by atoms with Crippen molar-refractivity contribution in [3.05, 3.63) is 83.4 Å². The number of halogens is 2. The molecule has 1 N–H and O–H groups in total. The van der Waals surface area contributed by atoms with Crippen LogP contribution in [0.2, 0.25) is 5.02 Å². The molecule has 0 saturated heterocycles. The Morgan fingerprint density at radius 1 is 1.07 bits per heavy atom. The van der Waals surface area contributed by atoms with E-state index in [0.29, 0.717) is 5.56 Å². The summed E-state index contributed by atoms with van der Waals surface area (Å²) in [6.45, 7) is 0. The molecule has 1 aromatic heterocycles. The lowest BCUT2D eigenvalue weighted by Crippen LogP contribution is -2.17. The van der Waals surface area contributed by atoms with Crippen LogP contribution in [0.25, 0.3) is 27.8 Å². The van der Waals surface area contributed by atoms with Crippen molar-refractivity contribution in [3.8, 4) is 16.8 Å². The highest BCUT2D eigenvalue weighted by atomic mass is 35.5. The van der Waals surface area contributed by atoms with Crippen molar-refractivity contribution >= 4 is 28.5 Å². The van der Waals surface area contributed by atoms with Gasteiger partial charge in [-0.2, -0.15) is 0 Å². The number of nitrogens with zero attached hydrogens (tertiary/aromatic N) is 2. The first-order valence-corrected chi connectivity index (χ1v) is 8.69. The number of fused-ring (bicyclic) bond motifs is 1. The second-order valence-electron chi connectivity index (χ2n) is 6.08. The van der Waals surface area contributed by atoms with E-state index in [1.807, 2.05) is 34.9 Å². The fourth-order valence-corrected chi connectivity index (χ4v) is 3.20. The van der Waals surface area contributed by atoms with Crippen LogP contribution in [0.3, 0.4) is 0 Å². The van der Waals surface area contributed by atoms with Gasteiger partial charge in [0.2, 0.25) is 0 Å². The molecule has 0 atom stereocenters. The van der Waals surface area contributed by atoms with E-state index in [1.54, 1.807) is 37.6 Å². The fraction of sp³-hybridized carbons (Fsp3) is 0.0476. The second-order valence-corrected chi connectivity index (χ2v) is 6.48. The molecule has 0 spiro atoms. The highest BCUT2D eigenvalue weighted by Gasteiger charge is 2.10. The van der Waals surface area contributed by atoms with Crippen molar-refractivity contribution in [1.29, 1.82) is 0 Å². The van der Waals surface area contributed by atoms with Crippen molar-refractivity contribution in [1.82, 2.24) is 14.9 Å². The van der Waals surface area contributed by atoms with Crippen molar-refractivity contribution < 1.29 is 9.18 Å². The largest absolute Gasteiger partial charge is 0.355 e. The lowest BCUT2D eigenvalue weighted by Gasteiger charge is -2.09. The minimum Gasteiger partial charge on any atom is -0.355 e. The third-order valence-electron chi connectivity index (χ3n) is 4.41. The highest BCUT2D eigenvalue weighted by molar-refractivity contribution is 6.31. The zero-order chi connectivity index (χ0) is 19.0. The van der Waals surface area contributed by atoms with Crippen LogP contribution in [-0.4, -0.2) is 22.5 Å². The Bertz CT molecular complexity index is 1170.